The first-order valence-corrected chi connectivity index (χ1v) is 8.20. The van der Waals surface area contributed by atoms with Crippen LogP contribution in [0.1, 0.15) is 12.5 Å². The summed E-state index contributed by atoms with van der Waals surface area (Å²) in [5, 5.41) is 4.20. The Morgan fingerprint density at radius 3 is 3.00 bits per heavy atom. The van der Waals surface area contributed by atoms with Crippen LogP contribution in [0.15, 0.2) is 45.2 Å². The number of fused-ring (bicyclic) bond motifs is 1. The van der Waals surface area contributed by atoms with Gasteiger partial charge in [-0.1, -0.05) is 40.7 Å². The van der Waals surface area contributed by atoms with Gasteiger partial charge in [-0.2, -0.15) is 0 Å². The Kier molecular flexibility index (Phi) is 4.52. The van der Waals surface area contributed by atoms with Crippen molar-refractivity contribution in [2.24, 2.45) is 0 Å². The van der Waals surface area contributed by atoms with Crippen LogP contribution in [-0.2, 0) is 6.54 Å². The number of H-pyrrole nitrogens is 1. The summed E-state index contributed by atoms with van der Waals surface area (Å²) in [5.41, 5.74) is 2.81. The Bertz CT molecular complexity index is 758. The van der Waals surface area contributed by atoms with Crippen LogP contribution in [0.3, 0.4) is 0 Å². The molecule has 3 aromatic rings. The van der Waals surface area contributed by atoms with Gasteiger partial charge in [0.2, 0.25) is 0 Å². The van der Waals surface area contributed by atoms with Gasteiger partial charge < -0.3 is 10.3 Å². The monoisotopic (exact) mass is 363 g/mol. The summed E-state index contributed by atoms with van der Waals surface area (Å²) in [5.74, 6) is 0. The molecule has 0 spiro atoms. The lowest BCUT2D eigenvalue weighted by Gasteiger charge is -2.07. The molecule has 5 nitrogen and oxygen atoms in total. The first-order valence-electron chi connectivity index (χ1n) is 6.59. The lowest BCUT2D eigenvalue weighted by atomic mass is 10.2. The van der Waals surface area contributed by atoms with Gasteiger partial charge in [-0.3, -0.25) is 0 Å². The number of nitrogens with zero attached hydrogens (tertiary/aromatic N) is 3. The summed E-state index contributed by atoms with van der Waals surface area (Å²) in [4.78, 5) is 16.8. The second-order valence-corrected chi connectivity index (χ2v) is 6.33. The minimum atomic E-state index is 0.690. The summed E-state index contributed by atoms with van der Waals surface area (Å²) in [6.45, 7) is 3.92. The van der Waals surface area contributed by atoms with Crippen LogP contribution in [0.2, 0.25) is 0 Å². The highest BCUT2D eigenvalue weighted by molar-refractivity contribution is 9.10. The standard InChI is InChI=1S/C14H14BrN5S/c1-2-16-6-9-3-4-10(5-11(9)15)21-14-12-13(18-7-17-12)19-8-20-14/h3-5,7-8,16H,2,6H2,1H3,(H,17,18,19,20). The zero-order chi connectivity index (χ0) is 14.7. The third kappa shape index (κ3) is 3.25. The van der Waals surface area contributed by atoms with E-state index < -0.39 is 0 Å². The molecule has 0 amide bonds. The van der Waals surface area contributed by atoms with Gasteiger partial charge in [0.15, 0.2) is 5.65 Å². The van der Waals surface area contributed by atoms with Crippen molar-refractivity contribution in [3.8, 4) is 0 Å². The van der Waals surface area contributed by atoms with Crippen LogP contribution in [0.25, 0.3) is 11.2 Å². The molecule has 2 heterocycles. The summed E-state index contributed by atoms with van der Waals surface area (Å²) in [7, 11) is 0. The van der Waals surface area contributed by atoms with Gasteiger partial charge in [-0.05, 0) is 24.2 Å². The Labute approximate surface area is 135 Å². The zero-order valence-corrected chi connectivity index (χ0v) is 13.8. The molecule has 108 valence electrons. The Balaban J connectivity index is 1.85. The Hall–Kier alpha value is -1.44. The maximum absolute atomic E-state index is 4.33. The quantitative estimate of drug-likeness (QED) is 0.680. The molecule has 0 atom stereocenters. The van der Waals surface area contributed by atoms with Gasteiger partial charge in [-0.25, -0.2) is 15.0 Å². The van der Waals surface area contributed by atoms with Crippen molar-refractivity contribution in [2.75, 3.05) is 6.54 Å². The van der Waals surface area contributed by atoms with Gasteiger partial charge in [0.05, 0.1) is 6.33 Å². The van der Waals surface area contributed by atoms with Gasteiger partial charge in [0.1, 0.15) is 16.9 Å². The van der Waals surface area contributed by atoms with E-state index in [1.807, 2.05) is 0 Å². The number of hydrogen-bond donors (Lipinski definition) is 2. The number of benzene rings is 1. The van der Waals surface area contributed by atoms with E-state index in [1.165, 1.54) is 5.56 Å². The molecule has 0 fully saturated rings. The lowest BCUT2D eigenvalue weighted by molar-refractivity contribution is 0.724. The molecule has 2 aromatic heterocycles. The predicted molar refractivity (Wildman–Crippen MR) is 87.3 cm³/mol. The fourth-order valence-electron chi connectivity index (χ4n) is 1.93. The molecule has 0 bridgehead atoms. The minimum absolute atomic E-state index is 0.690. The largest absolute Gasteiger partial charge is 0.341 e. The molecular weight excluding hydrogens is 350 g/mol. The fourth-order valence-corrected chi connectivity index (χ4v) is 3.49. The molecule has 0 radical (unpaired) electrons. The number of rotatable bonds is 5. The van der Waals surface area contributed by atoms with E-state index in [-0.39, 0.29) is 0 Å². The minimum Gasteiger partial charge on any atom is -0.341 e. The zero-order valence-electron chi connectivity index (χ0n) is 11.4. The average Bonchev–Trinajstić information content (AvgIpc) is 2.96. The Morgan fingerprint density at radius 2 is 2.19 bits per heavy atom. The van der Waals surface area contributed by atoms with Gasteiger partial charge in [0, 0.05) is 15.9 Å². The van der Waals surface area contributed by atoms with Crippen LogP contribution in [0.5, 0.6) is 0 Å². The first-order chi connectivity index (χ1) is 10.3. The molecule has 7 heteroatoms. The normalized spacial score (nSPS) is 11.1. The van der Waals surface area contributed by atoms with E-state index in [0.29, 0.717) is 5.65 Å². The average molecular weight is 364 g/mol. The third-order valence-electron chi connectivity index (χ3n) is 2.99. The van der Waals surface area contributed by atoms with Crippen molar-refractivity contribution in [3.63, 3.8) is 0 Å². The molecule has 0 aliphatic carbocycles. The summed E-state index contributed by atoms with van der Waals surface area (Å²) >= 11 is 5.22. The van der Waals surface area contributed by atoms with E-state index in [4.69, 9.17) is 0 Å². The number of nitrogens with one attached hydrogen (secondary N) is 2. The molecule has 0 saturated heterocycles. The number of aromatic amines is 1. The lowest BCUT2D eigenvalue weighted by Crippen LogP contribution is -2.11. The van der Waals surface area contributed by atoms with Crippen molar-refractivity contribution in [2.45, 2.75) is 23.4 Å². The van der Waals surface area contributed by atoms with Crippen LogP contribution >= 0.6 is 27.7 Å². The second kappa shape index (κ2) is 6.55. The molecule has 0 saturated carbocycles. The molecule has 3 rings (SSSR count). The molecule has 1 aromatic carbocycles. The number of aromatic nitrogens is 4. The van der Waals surface area contributed by atoms with Gasteiger partial charge in [0.25, 0.3) is 0 Å². The molecule has 0 aliphatic heterocycles. The van der Waals surface area contributed by atoms with E-state index in [2.05, 4.69) is 66.3 Å². The maximum Gasteiger partial charge on any atom is 0.181 e. The topological polar surface area (TPSA) is 66.5 Å². The molecular formula is C14H14BrN5S. The number of imidazole rings is 1. The predicted octanol–water partition coefficient (Wildman–Crippen LogP) is 3.38. The number of halogens is 1. The van der Waals surface area contributed by atoms with Crippen molar-refractivity contribution in [1.82, 2.24) is 25.3 Å². The van der Waals surface area contributed by atoms with Crippen molar-refractivity contribution >= 4 is 38.9 Å². The smallest absolute Gasteiger partial charge is 0.181 e. The molecule has 0 aliphatic rings. The van der Waals surface area contributed by atoms with Crippen molar-refractivity contribution in [1.29, 1.82) is 0 Å². The number of hydrogen-bond acceptors (Lipinski definition) is 5. The summed E-state index contributed by atoms with van der Waals surface area (Å²) in [6, 6.07) is 6.34. The van der Waals surface area contributed by atoms with Gasteiger partial charge in [-0.15, -0.1) is 0 Å². The van der Waals surface area contributed by atoms with Crippen LogP contribution < -0.4 is 5.32 Å². The van der Waals surface area contributed by atoms with Crippen molar-refractivity contribution < 1.29 is 0 Å². The van der Waals surface area contributed by atoms with E-state index >= 15 is 0 Å². The van der Waals surface area contributed by atoms with E-state index in [1.54, 1.807) is 24.4 Å². The van der Waals surface area contributed by atoms with Crippen LogP contribution in [-0.4, -0.2) is 26.5 Å². The Morgan fingerprint density at radius 1 is 1.29 bits per heavy atom. The highest BCUT2D eigenvalue weighted by atomic mass is 79.9. The van der Waals surface area contributed by atoms with Gasteiger partial charge >= 0.3 is 0 Å². The maximum atomic E-state index is 4.33. The fraction of sp³-hybridized carbons (Fsp3) is 0.214. The molecule has 2 N–H and O–H groups in total. The third-order valence-corrected chi connectivity index (χ3v) is 4.72. The van der Waals surface area contributed by atoms with Crippen molar-refractivity contribution in [3.05, 3.63) is 40.9 Å². The summed E-state index contributed by atoms with van der Waals surface area (Å²) < 4.78 is 1.10. The molecule has 21 heavy (non-hydrogen) atoms. The van der Waals surface area contributed by atoms with Crippen LogP contribution in [0, 0.1) is 0 Å². The van der Waals surface area contributed by atoms with E-state index in [9.17, 15) is 0 Å². The van der Waals surface area contributed by atoms with Crippen LogP contribution in [0.4, 0.5) is 0 Å². The molecule has 0 unspecified atom stereocenters. The highest BCUT2D eigenvalue weighted by Gasteiger charge is 2.09. The highest BCUT2D eigenvalue weighted by Crippen LogP contribution is 2.32. The SMILES string of the molecule is CCNCc1ccc(Sc2ncnc3nc[nH]c23)cc1Br. The first kappa shape index (κ1) is 14.5. The second-order valence-electron chi connectivity index (χ2n) is 4.42. The summed E-state index contributed by atoms with van der Waals surface area (Å²) in [6.07, 6.45) is 3.18. The van der Waals surface area contributed by atoms with E-state index in [0.717, 1.165) is 33.0 Å².